The summed E-state index contributed by atoms with van der Waals surface area (Å²) >= 11 is 0. The van der Waals surface area contributed by atoms with Crippen molar-refractivity contribution in [3.05, 3.63) is 34.2 Å². The van der Waals surface area contributed by atoms with E-state index >= 15 is 0 Å². The summed E-state index contributed by atoms with van der Waals surface area (Å²) in [6.07, 6.45) is 1.11. The SMILES string of the molecule is COC(=O)CN1C[C@@H]2C[C@@H](C1)c1cccc(=O)n1C2. The van der Waals surface area contributed by atoms with Crippen molar-refractivity contribution in [3.8, 4) is 0 Å². The molecule has 0 saturated carbocycles. The van der Waals surface area contributed by atoms with Crippen molar-refractivity contribution in [2.24, 2.45) is 5.92 Å². The van der Waals surface area contributed by atoms with Crippen molar-refractivity contribution >= 4 is 5.97 Å². The second kappa shape index (κ2) is 4.81. The van der Waals surface area contributed by atoms with Gasteiger partial charge in [-0.2, -0.15) is 0 Å². The van der Waals surface area contributed by atoms with Gasteiger partial charge in [0.2, 0.25) is 0 Å². The maximum absolute atomic E-state index is 11.9. The van der Waals surface area contributed by atoms with Crippen LogP contribution in [0, 0.1) is 5.92 Å². The Kier molecular flexibility index (Phi) is 3.14. The Bertz CT molecular complexity index is 552. The highest BCUT2D eigenvalue weighted by molar-refractivity contribution is 5.71. The lowest BCUT2D eigenvalue weighted by atomic mass is 9.83. The number of fused-ring (bicyclic) bond motifs is 4. The van der Waals surface area contributed by atoms with Crippen molar-refractivity contribution in [2.75, 3.05) is 26.7 Å². The van der Waals surface area contributed by atoms with Crippen LogP contribution >= 0.6 is 0 Å². The molecule has 0 N–H and O–H groups in total. The summed E-state index contributed by atoms with van der Waals surface area (Å²) in [5.41, 5.74) is 1.20. The number of ether oxygens (including phenoxy) is 1. The van der Waals surface area contributed by atoms with E-state index in [1.54, 1.807) is 6.07 Å². The molecule has 0 aliphatic carbocycles. The number of carbonyl (C=O) groups excluding carboxylic acids is 1. The molecule has 2 atom stereocenters. The van der Waals surface area contributed by atoms with Gasteiger partial charge in [-0.25, -0.2) is 0 Å². The molecule has 0 spiro atoms. The summed E-state index contributed by atoms with van der Waals surface area (Å²) in [5, 5.41) is 0. The fourth-order valence-corrected chi connectivity index (χ4v) is 3.37. The minimum Gasteiger partial charge on any atom is -0.468 e. The third-order valence-electron chi connectivity index (χ3n) is 4.14. The first-order valence-electron chi connectivity index (χ1n) is 6.66. The number of rotatable bonds is 2. The predicted octanol–water partition coefficient (Wildman–Crippen LogP) is 0.440. The highest BCUT2D eigenvalue weighted by Gasteiger charge is 2.34. The van der Waals surface area contributed by atoms with Gasteiger partial charge >= 0.3 is 5.97 Å². The van der Waals surface area contributed by atoms with E-state index in [4.69, 9.17) is 4.74 Å². The average Bonchev–Trinajstić information content (AvgIpc) is 2.40. The number of pyridine rings is 1. The minimum absolute atomic E-state index is 0.0913. The van der Waals surface area contributed by atoms with Crippen molar-refractivity contribution in [3.63, 3.8) is 0 Å². The van der Waals surface area contributed by atoms with Gasteiger partial charge in [-0.15, -0.1) is 0 Å². The average molecular weight is 262 g/mol. The molecule has 0 aromatic carbocycles. The molecule has 5 heteroatoms. The Morgan fingerprint density at radius 3 is 3.00 bits per heavy atom. The third kappa shape index (κ3) is 2.30. The van der Waals surface area contributed by atoms with Gasteiger partial charge in [-0.05, 0) is 18.4 Å². The van der Waals surface area contributed by atoms with Gasteiger partial charge in [0.05, 0.1) is 13.7 Å². The molecule has 0 unspecified atom stereocenters. The number of nitrogens with zero attached hydrogens (tertiary/aromatic N) is 2. The summed E-state index contributed by atoms with van der Waals surface area (Å²) in [4.78, 5) is 25.4. The Balaban J connectivity index is 1.84. The highest BCUT2D eigenvalue weighted by atomic mass is 16.5. The van der Waals surface area contributed by atoms with Crippen LogP contribution in [0.5, 0.6) is 0 Å². The van der Waals surface area contributed by atoms with E-state index in [-0.39, 0.29) is 11.5 Å². The molecule has 19 heavy (non-hydrogen) atoms. The Morgan fingerprint density at radius 2 is 2.21 bits per heavy atom. The number of likely N-dealkylation sites (tertiary alicyclic amines) is 1. The smallest absolute Gasteiger partial charge is 0.319 e. The Morgan fingerprint density at radius 1 is 1.37 bits per heavy atom. The number of hydrogen-bond donors (Lipinski definition) is 0. The van der Waals surface area contributed by atoms with Crippen LogP contribution < -0.4 is 5.56 Å². The van der Waals surface area contributed by atoms with Crippen LogP contribution in [0.25, 0.3) is 0 Å². The summed E-state index contributed by atoms with van der Waals surface area (Å²) in [6.45, 7) is 2.81. The third-order valence-corrected chi connectivity index (χ3v) is 4.14. The van der Waals surface area contributed by atoms with Crippen LogP contribution in [-0.4, -0.2) is 42.2 Å². The van der Waals surface area contributed by atoms with E-state index in [9.17, 15) is 9.59 Å². The predicted molar refractivity (Wildman–Crippen MR) is 70.0 cm³/mol. The Labute approximate surface area is 111 Å². The Hall–Kier alpha value is -1.62. The maximum atomic E-state index is 11.9. The minimum atomic E-state index is -0.189. The maximum Gasteiger partial charge on any atom is 0.319 e. The zero-order valence-corrected chi connectivity index (χ0v) is 11.0. The second-order valence-corrected chi connectivity index (χ2v) is 5.47. The molecule has 1 aromatic rings. The number of piperidine rings is 1. The lowest BCUT2D eigenvalue weighted by Crippen LogP contribution is -2.48. The van der Waals surface area contributed by atoms with Crippen LogP contribution in [-0.2, 0) is 16.1 Å². The lowest BCUT2D eigenvalue weighted by Gasteiger charge is -2.42. The first kappa shape index (κ1) is 12.4. The molecule has 1 aromatic heterocycles. The number of carbonyl (C=O) groups is 1. The van der Waals surface area contributed by atoms with E-state index in [1.807, 2.05) is 16.7 Å². The van der Waals surface area contributed by atoms with Gasteiger partial charge in [-0.3, -0.25) is 14.5 Å². The fourth-order valence-electron chi connectivity index (χ4n) is 3.37. The number of aromatic nitrogens is 1. The van der Waals surface area contributed by atoms with E-state index in [1.165, 1.54) is 7.11 Å². The molecule has 3 heterocycles. The van der Waals surface area contributed by atoms with Crippen LogP contribution in [0.2, 0.25) is 0 Å². The molecular weight excluding hydrogens is 244 g/mol. The number of methoxy groups -OCH3 is 1. The molecule has 2 bridgehead atoms. The monoisotopic (exact) mass is 262 g/mol. The van der Waals surface area contributed by atoms with E-state index in [0.717, 1.165) is 31.7 Å². The van der Waals surface area contributed by atoms with E-state index in [0.29, 0.717) is 18.4 Å². The first-order chi connectivity index (χ1) is 9.17. The molecule has 0 amide bonds. The van der Waals surface area contributed by atoms with Gasteiger partial charge in [0, 0.05) is 37.3 Å². The summed E-state index contributed by atoms with van der Waals surface area (Å²) in [6, 6.07) is 5.48. The van der Waals surface area contributed by atoms with Crippen LogP contribution in [0.4, 0.5) is 0 Å². The molecule has 5 nitrogen and oxygen atoms in total. The lowest BCUT2D eigenvalue weighted by molar-refractivity contribution is -0.142. The van der Waals surface area contributed by atoms with Crippen molar-refractivity contribution in [1.29, 1.82) is 0 Å². The largest absolute Gasteiger partial charge is 0.468 e. The molecule has 102 valence electrons. The molecule has 1 saturated heterocycles. The molecule has 2 aliphatic rings. The summed E-state index contributed by atoms with van der Waals surface area (Å²) < 4.78 is 6.63. The van der Waals surface area contributed by atoms with E-state index in [2.05, 4.69) is 4.90 Å². The molecule has 3 rings (SSSR count). The van der Waals surface area contributed by atoms with Gasteiger partial charge in [-0.1, -0.05) is 6.07 Å². The molecule has 2 aliphatic heterocycles. The zero-order chi connectivity index (χ0) is 13.4. The summed E-state index contributed by atoms with van der Waals surface area (Å²) in [7, 11) is 1.42. The van der Waals surface area contributed by atoms with Gasteiger partial charge in [0.15, 0.2) is 0 Å². The zero-order valence-electron chi connectivity index (χ0n) is 11.0. The van der Waals surface area contributed by atoms with Crippen LogP contribution in [0.1, 0.15) is 18.0 Å². The van der Waals surface area contributed by atoms with Gasteiger partial charge in [0.1, 0.15) is 0 Å². The standard InChI is InChI=1S/C14H18N2O3/c1-19-14(18)9-15-6-10-5-11(8-15)12-3-2-4-13(17)16(12)7-10/h2-4,10-11H,5-9H2,1H3/t10-,11-/m0/s1. The highest BCUT2D eigenvalue weighted by Crippen LogP contribution is 2.34. The van der Waals surface area contributed by atoms with Gasteiger partial charge in [0.25, 0.3) is 5.56 Å². The second-order valence-electron chi connectivity index (χ2n) is 5.47. The van der Waals surface area contributed by atoms with Gasteiger partial charge < -0.3 is 9.30 Å². The number of hydrogen-bond acceptors (Lipinski definition) is 4. The number of esters is 1. The van der Waals surface area contributed by atoms with E-state index < -0.39 is 0 Å². The quantitative estimate of drug-likeness (QED) is 0.726. The topological polar surface area (TPSA) is 51.5 Å². The molecule has 1 fully saturated rings. The molecular formula is C14H18N2O3. The molecule has 0 radical (unpaired) electrons. The van der Waals surface area contributed by atoms with Crippen molar-refractivity contribution in [1.82, 2.24) is 9.47 Å². The fraction of sp³-hybridized carbons (Fsp3) is 0.571. The van der Waals surface area contributed by atoms with Crippen molar-refractivity contribution < 1.29 is 9.53 Å². The summed E-state index contributed by atoms with van der Waals surface area (Å²) in [5.74, 6) is 0.618. The van der Waals surface area contributed by atoms with Crippen LogP contribution in [0.3, 0.4) is 0 Å². The first-order valence-corrected chi connectivity index (χ1v) is 6.66. The van der Waals surface area contributed by atoms with Crippen molar-refractivity contribution in [2.45, 2.75) is 18.9 Å². The van der Waals surface area contributed by atoms with Crippen LogP contribution in [0.15, 0.2) is 23.0 Å². The normalized spacial score (nSPS) is 25.7.